The molecule has 0 spiro atoms. The number of aliphatic hydroxyl groups is 2. The Labute approximate surface area is 515 Å². The van der Waals surface area contributed by atoms with Crippen LogP contribution in [0.15, 0.2) is 185 Å². The van der Waals surface area contributed by atoms with Crippen LogP contribution in [0.5, 0.6) is 11.5 Å². The summed E-state index contributed by atoms with van der Waals surface area (Å²) in [6, 6.07) is 51.1. The summed E-state index contributed by atoms with van der Waals surface area (Å²) >= 11 is 0. The van der Waals surface area contributed by atoms with E-state index in [2.05, 4.69) is 88.4 Å². The van der Waals surface area contributed by atoms with Crippen LogP contribution in [0.1, 0.15) is 88.0 Å². The number of phenolic OH excluding ortho intramolecular Hbond substituents is 1. The van der Waals surface area contributed by atoms with Crippen LogP contribution in [0, 0.1) is 26.1 Å². The second kappa shape index (κ2) is 36.7. The second-order valence-electron chi connectivity index (χ2n) is 20.9. The van der Waals surface area contributed by atoms with Crippen molar-refractivity contribution in [1.29, 1.82) is 5.31 Å². The van der Waals surface area contributed by atoms with Crippen LogP contribution < -0.4 is 4.74 Å². The van der Waals surface area contributed by atoms with Gasteiger partial charge in [0.15, 0.2) is 0 Å². The minimum atomic E-state index is -3.94. The van der Waals surface area contributed by atoms with Crippen LogP contribution in [0.25, 0.3) is 0 Å². The number of β-amino-alcohol motifs (C(OH)–C–C–N with tert-alkyl or cyclic N) is 2. The first-order valence-corrected chi connectivity index (χ1v) is 33.1. The third kappa shape index (κ3) is 24.5. The van der Waals surface area contributed by atoms with Gasteiger partial charge in [-0.3, -0.25) is 12.5 Å². The predicted molar refractivity (Wildman–Crippen MR) is 337 cm³/mol. The molecule has 0 aliphatic carbocycles. The zero-order valence-corrected chi connectivity index (χ0v) is 52.5. The van der Waals surface area contributed by atoms with Crippen LogP contribution in [0.2, 0.25) is 0 Å². The fourth-order valence-electron chi connectivity index (χ4n) is 9.58. The molecular formula is C66H82BFN3O13S3. The third-order valence-electron chi connectivity index (χ3n) is 14.3. The van der Waals surface area contributed by atoms with Gasteiger partial charge < -0.3 is 29.9 Å². The first-order chi connectivity index (χ1) is 41.7. The van der Waals surface area contributed by atoms with E-state index in [0.717, 1.165) is 104 Å². The maximum absolute atomic E-state index is 11.9. The predicted octanol–water partition coefficient (Wildman–Crippen LogP) is 10.9. The van der Waals surface area contributed by atoms with Crippen molar-refractivity contribution in [1.82, 2.24) is 9.80 Å². The van der Waals surface area contributed by atoms with Crippen molar-refractivity contribution in [3.8, 4) is 11.5 Å². The molecule has 21 heteroatoms. The number of rotatable bonds is 22. The van der Waals surface area contributed by atoms with Crippen molar-refractivity contribution in [2.45, 2.75) is 99.0 Å². The second-order valence-corrected chi connectivity index (χ2v) is 25.8. The summed E-state index contributed by atoms with van der Waals surface area (Å²) in [5, 5.41) is 35.8. The summed E-state index contributed by atoms with van der Waals surface area (Å²) in [5.41, 5.74) is 9.91. The van der Waals surface area contributed by atoms with Crippen LogP contribution in [-0.2, 0) is 68.6 Å². The summed E-state index contributed by atoms with van der Waals surface area (Å²) in [4.78, 5) is 4.80. The number of ether oxygens (including phenoxy) is 1. The monoisotopic (exact) mass is 1250 g/mol. The van der Waals surface area contributed by atoms with E-state index in [-0.39, 0.29) is 20.4 Å². The summed E-state index contributed by atoms with van der Waals surface area (Å²) in [6.07, 6.45) is 7.93. The van der Waals surface area contributed by atoms with E-state index in [4.69, 9.17) is 18.4 Å². The zero-order valence-electron chi connectivity index (χ0n) is 50.0. The van der Waals surface area contributed by atoms with E-state index in [1.165, 1.54) is 72.4 Å². The molecule has 2 aliphatic rings. The average molecular weight is 1250 g/mol. The molecule has 2 unspecified atom stereocenters. The van der Waals surface area contributed by atoms with Gasteiger partial charge in [0.1, 0.15) is 18.2 Å². The number of aryl methyl sites for hydroxylation is 5. The van der Waals surface area contributed by atoms with Crippen molar-refractivity contribution < 1.29 is 62.2 Å². The number of nitrogens with one attached hydrogen (secondary N) is 1. The Balaban J connectivity index is 0.000000213. The molecule has 7 aromatic carbocycles. The number of phenols is 1. The minimum absolute atomic E-state index is 0.00879. The molecule has 87 heavy (non-hydrogen) atoms. The van der Waals surface area contributed by atoms with Gasteiger partial charge in [0, 0.05) is 26.2 Å². The molecule has 1 radical (unpaired) electrons. The number of methoxy groups -OCH3 is 1. The number of aromatic hydroxyl groups is 1. The molecule has 0 amide bonds. The first kappa shape index (κ1) is 71.3. The summed E-state index contributed by atoms with van der Waals surface area (Å²) in [6.45, 7) is 8.89. The van der Waals surface area contributed by atoms with E-state index in [0.29, 0.717) is 6.54 Å². The maximum atomic E-state index is 11.9. The molecule has 4 N–H and O–H groups in total. The van der Waals surface area contributed by atoms with E-state index in [1.54, 1.807) is 55.6 Å². The van der Waals surface area contributed by atoms with E-state index >= 15 is 0 Å². The molecule has 0 aromatic heterocycles. The summed E-state index contributed by atoms with van der Waals surface area (Å²) in [7, 11) is -6.22. The molecule has 2 heterocycles. The van der Waals surface area contributed by atoms with Gasteiger partial charge in [0.25, 0.3) is 30.4 Å². The van der Waals surface area contributed by atoms with Gasteiger partial charge in [-0.2, -0.15) is 25.3 Å². The molecule has 2 aliphatic heterocycles. The van der Waals surface area contributed by atoms with Crippen LogP contribution in [0.3, 0.4) is 0 Å². The van der Waals surface area contributed by atoms with Crippen molar-refractivity contribution in [3.05, 3.63) is 220 Å². The number of aliphatic hydroxyl groups excluding tert-OH is 2. The van der Waals surface area contributed by atoms with Gasteiger partial charge in [-0.05, 0) is 179 Å². The molecule has 0 saturated heterocycles. The van der Waals surface area contributed by atoms with Gasteiger partial charge in [0.05, 0.1) is 53.8 Å². The third-order valence-corrected chi connectivity index (χ3v) is 18.3. The van der Waals surface area contributed by atoms with Gasteiger partial charge in [0.2, 0.25) is 0 Å². The molecule has 2 atom stereocenters. The molecule has 0 saturated carbocycles. The SMILES string of the molecule is Cc1ccc(S(=O)(=O)OCCOS(=O)(=O)c2ccc(C)cc2)cc1.Cc1ccc(S(=O)(=O)OCC[18F])cc1.Oc1ccc2c(c1)CCN(CCCCc1ccccc1)CC2O.[11CH3]Oc1ccc2c(c1)CCN(CCCCc1ccccc1)CC2O.[B]=N. The van der Waals surface area contributed by atoms with Crippen LogP contribution >= 0.6 is 0 Å². The van der Waals surface area contributed by atoms with Crippen molar-refractivity contribution in [3.63, 3.8) is 0 Å². The molecule has 7 aromatic rings. The Morgan fingerprint density at radius 1 is 0.506 bits per heavy atom. The van der Waals surface area contributed by atoms with E-state index in [1.807, 2.05) is 39.0 Å². The van der Waals surface area contributed by atoms with Gasteiger partial charge in [-0.1, -0.05) is 126 Å². The van der Waals surface area contributed by atoms with Crippen molar-refractivity contribution in [2.24, 2.45) is 0 Å². The quantitative estimate of drug-likeness (QED) is 0.0281. The number of fused-ring (bicyclic) bond motifs is 2. The number of benzene rings is 7. The average Bonchev–Trinajstić information content (AvgIpc) is 4.10. The fourth-order valence-corrected chi connectivity index (χ4v) is 12.3. The number of nitrogens with zero attached hydrogens (tertiary/aromatic N) is 2. The number of halogens is 1. The van der Waals surface area contributed by atoms with Crippen molar-refractivity contribution >= 4 is 38.0 Å². The fraction of sp³-hybridized carbons (Fsp3) is 0.364. The number of unbranched alkanes of at least 4 members (excludes halogenated alkanes) is 2. The Morgan fingerprint density at radius 3 is 1.25 bits per heavy atom. The van der Waals surface area contributed by atoms with Crippen LogP contribution in [-0.4, -0.2) is 131 Å². The molecule has 16 nitrogen and oxygen atoms in total. The number of alkyl halides is 1. The van der Waals surface area contributed by atoms with Gasteiger partial charge in [-0.15, -0.1) is 0 Å². The van der Waals surface area contributed by atoms with Crippen molar-refractivity contribution in [2.75, 3.05) is 72.9 Å². The Kier molecular flexibility index (Phi) is 30.1. The van der Waals surface area contributed by atoms with Crippen LogP contribution in [0.4, 0.5) is 4.39 Å². The molecular weight excluding hydrogens is 1170 g/mol. The van der Waals surface area contributed by atoms with Gasteiger partial charge >= 0.3 is 13.0 Å². The van der Waals surface area contributed by atoms with E-state index < -0.39 is 69.1 Å². The normalized spacial score (nSPS) is 15.1. The molecule has 0 fully saturated rings. The molecule has 467 valence electrons. The Morgan fingerprint density at radius 2 is 0.874 bits per heavy atom. The first-order valence-electron chi connectivity index (χ1n) is 28.9. The van der Waals surface area contributed by atoms with Gasteiger partial charge in [-0.25, -0.2) is 4.39 Å². The molecule has 0 bridgehead atoms. The standard InChI is InChI=1S/C21H27NO2.C20H25NO2.C16H18O6S2.C9H11FO3S.BHN/c1-24-19-10-11-20-18(15-19)12-14-22(16-21(20)23)13-6-5-9-17-7-3-2-4-8-17;22-18-9-10-19-17(14-18)11-13-21(15-20(19)23)12-5-4-8-16-6-2-1-3-7-16;1-13-3-7-15(8-4-13)23(17,18)21-11-12-22-24(19,20)16-9-5-14(2)6-10-16;1-8-2-4-9(5-3-8)14(11,12)13-7-6-10;1-2/h2-4,7-8,10-11,15,21,23H,5-6,9,12-14,16H2,1H3;1-3,6-7,9-10,14,20,22-23H,4-5,8,11-13,15H2;3-10H,11-12H2,1-2H3;2-5H,6-7H2,1H3;2H/i1-1;;;10-1;. The molecule has 9 rings (SSSR count). The Bertz CT molecular complexity index is 3410. The van der Waals surface area contributed by atoms with E-state index in [9.17, 15) is 45.0 Å². The topological polar surface area (TPSA) is 230 Å². The summed E-state index contributed by atoms with van der Waals surface area (Å²) in [5.74, 6) is 1.16. The summed E-state index contributed by atoms with van der Waals surface area (Å²) < 4.78 is 101. The zero-order chi connectivity index (χ0) is 63.2. The Hall–Kier alpha value is -6.50. The number of hydrogen-bond donors (Lipinski definition) is 4. The number of hydrogen-bond acceptors (Lipinski definition) is 16.